The summed E-state index contributed by atoms with van der Waals surface area (Å²) in [6.45, 7) is 6.90. The Hall–Kier alpha value is -1.51. The normalized spacial score (nSPS) is 14.9. The molecule has 1 aliphatic carbocycles. The Balaban J connectivity index is 0.00000150. The van der Waals surface area contributed by atoms with E-state index < -0.39 is 0 Å². The molecule has 1 aliphatic rings. The van der Waals surface area contributed by atoms with Gasteiger partial charge in [-0.05, 0) is 0 Å². The molecule has 29 heavy (non-hydrogen) atoms. The summed E-state index contributed by atoms with van der Waals surface area (Å²) in [6, 6.07) is 28.4. The van der Waals surface area contributed by atoms with Crippen LogP contribution in [0, 0.1) is 0 Å². The summed E-state index contributed by atoms with van der Waals surface area (Å²) in [7, 11) is 0. The number of para-hydroxylation sites is 1. The molecule has 4 rings (SSSR count). The number of allylic oxidation sites excluding steroid dienone is 1. The van der Waals surface area contributed by atoms with Crippen molar-refractivity contribution in [1.29, 1.82) is 0 Å². The van der Waals surface area contributed by atoms with Gasteiger partial charge >= 0.3 is 175 Å². The molecular formula is C25H24Cl2NTi. The van der Waals surface area contributed by atoms with Crippen molar-refractivity contribution in [3.63, 3.8) is 0 Å². The summed E-state index contributed by atoms with van der Waals surface area (Å²) in [4.78, 5) is 0. The Kier molecular flexibility index (Phi) is 7.82. The molecule has 1 nitrogen and oxygen atoms in total. The summed E-state index contributed by atoms with van der Waals surface area (Å²) in [5.41, 5.74) is 8.08. The number of halogens is 2. The molecule has 3 aromatic carbocycles. The summed E-state index contributed by atoms with van der Waals surface area (Å²) in [6.07, 6.45) is 2.34. The molecule has 0 aliphatic heterocycles. The first-order valence-corrected chi connectivity index (χ1v) is 10.1. The molecule has 147 valence electrons. The third kappa shape index (κ3) is 4.34. The molecule has 1 unspecified atom stereocenters. The first-order chi connectivity index (χ1) is 13.0. The van der Waals surface area contributed by atoms with Crippen molar-refractivity contribution in [3.05, 3.63) is 107 Å². The average molecular weight is 457 g/mol. The first-order valence-electron chi connectivity index (χ1n) is 9.43. The van der Waals surface area contributed by atoms with Crippen molar-refractivity contribution in [3.8, 4) is 0 Å². The molecule has 0 saturated heterocycles. The van der Waals surface area contributed by atoms with Crippen LogP contribution in [0.1, 0.15) is 48.9 Å². The fraction of sp³-hybridized carbons (Fsp3) is 0.200. The second-order valence-electron chi connectivity index (χ2n) is 7.77. The molecule has 0 saturated carbocycles. The number of hydrogen-bond acceptors (Lipinski definition) is 1. The zero-order valence-electron chi connectivity index (χ0n) is 16.9. The van der Waals surface area contributed by atoms with Crippen LogP contribution in [-0.4, -0.2) is 0 Å². The Morgan fingerprint density at radius 1 is 0.759 bits per heavy atom. The van der Waals surface area contributed by atoms with Crippen molar-refractivity contribution in [2.75, 3.05) is 3.38 Å². The van der Waals surface area contributed by atoms with E-state index in [0.29, 0.717) is 5.92 Å². The number of nitrogens with zero attached hydrogens (tertiary/aromatic N) is 1. The largest absolute Gasteiger partial charge is 1.00 e. The van der Waals surface area contributed by atoms with E-state index in [0.717, 1.165) is 0 Å². The van der Waals surface area contributed by atoms with Gasteiger partial charge in [-0.25, -0.2) is 0 Å². The molecular weight excluding hydrogens is 433 g/mol. The van der Waals surface area contributed by atoms with Crippen LogP contribution >= 0.6 is 0 Å². The molecule has 4 heteroatoms. The quantitative estimate of drug-likeness (QED) is 0.515. The van der Waals surface area contributed by atoms with Gasteiger partial charge in [0.15, 0.2) is 0 Å². The number of anilines is 1. The van der Waals surface area contributed by atoms with Gasteiger partial charge in [0.2, 0.25) is 0 Å². The Morgan fingerprint density at radius 2 is 1.31 bits per heavy atom. The minimum absolute atomic E-state index is 0. The van der Waals surface area contributed by atoms with Gasteiger partial charge in [-0.15, -0.1) is 0 Å². The van der Waals surface area contributed by atoms with Gasteiger partial charge < -0.3 is 24.8 Å². The SMILES string of the molecule is CC1=Cc2ccccc2C1c1ccccc1C(C)(C)[N]([Ti+2])c1ccccc1.[Cl-].[Cl-]. The van der Waals surface area contributed by atoms with Crippen molar-refractivity contribution in [1.82, 2.24) is 0 Å². The maximum Gasteiger partial charge on any atom is -1.00 e. The van der Waals surface area contributed by atoms with Crippen LogP contribution < -0.4 is 28.2 Å². The van der Waals surface area contributed by atoms with Gasteiger partial charge in [0.05, 0.1) is 0 Å². The van der Waals surface area contributed by atoms with Crippen LogP contribution in [0.5, 0.6) is 0 Å². The van der Waals surface area contributed by atoms with Crippen LogP contribution in [0.15, 0.2) is 84.4 Å². The van der Waals surface area contributed by atoms with E-state index in [1.165, 1.54) is 33.5 Å². The molecule has 0 radical (unpaired) electrons. The maximum atomic E-state index is 2.38. The number of benzene rings is 3. The molecule has 0 fully saturated rings. The van der Waals surface area contributed by atoms with Gasteiger partial charge in [-0.1, -0.05) is 0 Å². The first kappa shape index (κ1) is 23.8. The van der Waals surface area contributed by atoms with Crippen LogP contribution in [-0.2, 0) is 26.2 Å². The number of fused-ring (bicyclic) bond motifs is 1. The van der Waals surface area contributed by atoms with Crippen LogP contribution in [0.2, 0.25) is 0 Å². The molecule has 3 aromatic rings. The smallest absolute Gasteiger partial charge is 1.00 e. The second-order valence-corrected chi connectivity index (χ2v) is 8.47. The van der Waals surface area contributed by atoms with Crippen LogP contribution in [0.4, 0.5) is 5.69 Å². The number of rotatable bonds is 4. The van der Waals surface area contributed by atoms with Crippen LogP contribution in [0.25, 0.3) is 6.08 Å². The fourth-order valence-corrected chi connectivity index (χ4v) is 4.64. The van der Waals surface area contributed by atoms with E-state index in [1.807, 2.05) is 0 Å². The Bertz CT molecular complexity index is 998. The van der Waals surface area contributed by atoms with Gasteiger partial charge in [-0.3, -0.25) is 0 Å². The van der Waals surface area contributed by atoms with Gasteiger partial charge in [-0.2, -0.15) is 0 Å². The van der Waals surface area contributed by atoms with Crippen LogP contribution in [0.3, 0.4) is 0 Å². The predicted octanol–water partition coefficient (Wildman–Crippen LogP) is 0.447. The standard InChI is InChI=1S/C25H24N.2ClH.Ti/c1-18-17-19-11-7-8-14-21(19)24(18)22-15-9-10-16-23(22)25(2,3)26-20-12-5-4-6-13-20;;;/h4-17,24H,1-3H3;2*1H;/q-1;;;+3/p-2. The second kappa shape index (κ2) is 9.54. The predicted molar refractivity (Wildman–Crippen MR) is 110 cm³/mol. The third-order valence-electron chi connectivity index (χ3n) is 5.65. The minimum Gasteiger partial charge on any atom is -1.00 e. The van der Waals surface area contributed by atoms with Gasteiger partial charge in [0.1, 0.15) is 0 Å². The van der Waals surface area contributed by atoms with E-state index >= 15 is 0 Å². The molecule has 0 spiro atoms. The van der Waals surface area contributed by atoms with Crippen molar-refractivity contribution >= 4 is 11.8 Å². The van der Waals surface area contributed by atoms with E-state index in [4.69, 9.17) is 0 Å². The van der Waals surface area contributed by atoms with E-state index in [2.05, 4.69) is 130 Å². The Labute approximate surface area is 198 Å². The zero-order chi connectivity index (χ0) is 19.0. The Morgan fingerprint density at radius 3 is 2.00 bits per heavy atom. The monoisotopic (exact) mass is 456 g/mol. The molecule has 0 heterocycles. The summed E-state index contributed by atoms with van der Waals surface area (Å²) in [5, 5.41) is 0. The average Bonchev–Trinajstić information content (AvgIpc) is 3.03. The van der Waals surface area contributed by atoms with E-state index in [9.17, 15) is 0 Å². The zero-order valence-corrected chi connectivity index (χ0v) is 19.9. The molecule has 0 N–H and O–H groups in total. The van der Waals surface area contributed by atoms with E-state index in [-0.39, 0.29) is 30.4 Å². The molecule has 0 aromatic heterocycles. The summed E-state index contributed by atoms with van der Waals surface area (Å²) >= 11 is 2.19. The third-order valence-corrected chi connectivity index (χ3v) is 6.93. The summed E-state index contributed by atoms with van der Waals surface area (Å²) < 4.78 is 2.38. The fourth-order valence-electron chi connectivity index (χ4n) is 4.22. The molecule has 0 bridgehead atoms. The van der Waals surface area contributed by atoms with Crippen molar-refractivity contribution in [2.24, 2.45) is 0 Å². The minimum atomic E-state index is -0.129. The number of hydrogen-bond donors (Lipinski definition) is 0. The van der Waals surface area contributed by atoms with Crippen molar-refractivity contribution < 1.29 is 45.5 Å². The molecule has 1 atom stereocenters. The topological polar surface area (TPSA) is 3.24 Å². The van der Waals surface area contributed by atoms with Gasteiger partial charge in [0.25, 0.3) is 0 Å². The van der Waals surface area contributed by atoms with E-state index in [1.54, 1.807) is 0 Å². The maximum absolute atomic E-state index is 2.38. The molecule has 0 amide bonds. The van der Waals surface area contributed by atoms with Crippen molar-refractivity contribution in [2.45, 2.75) is 32.2 Å². The van der Waals surface area contributed by atoms with Gasteiger partial charge in [0, 0.05) is 0 Å². The summed E-state index contributed by atoms with van der Waals surface area (Å²) in [5.74, 6) is 0.334.